The molecule has 1 aromatic rings. The van der Waals surface area contributed by atoms with Gasteiger partial charge in [-0.3, -0.25) is 0 Å². The van der Waals surface area contributed by atoms with Gasteiger partial charge in [0.25, 0.3) is 0 Å². The smallest absolute Gasteiger partial charge is 0.142 e. The molecule has 2 N–H and O–H groups in total. The molecule has 3 heteroatoms. The number of ether oxygens (including phenoxy) is 1. The van der Waals surface area contributed by atoms with Crippen molar-refractivity contribution in [3.63, 3.8) is 0 Å². The molecule has 0 radical (unpaired) electrons. The predicted molar refractivity (Wildman–Crippen MR) is 55.8 cm³/mol. The highest BCUT2D eigenvalue weighted by Gasteiger charge is 2.04. The van der Waals surface area contributed by atoms with Crippen molar-refractivity contribution in [1.82, 2.24) is 0 Å². The minimum Gasteiger partial charge on any atom is -0.491 e. The van der Waals surface area contributed by atoms with Crippen molar-refractivity contribution in [2.75, 3.05) is 12.3 Å². The van der Waals surface area contributed by atoms with Gasteiger partial charge in [-0.2, -0.15) is 0 Å². The maximum atomic E-state index is 12.7. The van der Waals surface area contributed by atoms with E-state index in [-0.39, 0.29) is 5.82 Å². The molecule has 0 fully saturated rings. The highest BCUT2D eigenvalue weighted by Crippen LogP contribution is 2.22. The fourth-order valence-electron chi connectivity index (χ4n) is 1.00. The van der Waals surface area contributed by atoms with Crippen molar-refractivity contribution < 1.29 is 9.13 Å². The molecule has 0 aliphatic heterocycles. The largest absolute Gasteiger partial charge is 0.491 e. The lowest BCUT2D eigenvalue weighted by Gasteiger charge is -2.12. The summed E-state index contributed by atoms with van der Waals surface area (Å²) in [6.07, 6.45) is 1.06. The van der Waals surface area contributed by atoms with Gasteiger partial charge in [0.1, 0.15) is 11.6 Å². The zero-order valence-electron chi connectivity index (χ0n) is 8.59. The van der Waals surface area contributed by atoms with Crippen LogP contribution in [0.5, 0.6) is 5.75 Å². The zero-order valence-corrected chi connectivity index (χ0v) is 8.59. The summed E-state index contributed by atoms with van der Waals surface area (Å²) in [5.74, 6) is 0.713. The summed E-state index contributed by atoms with van der Waals surface area (Å²) in [6, 6.07) is 4.18. The first-order valence-electron chi connectivity index (χ1n) is 4.81. The molecule has 14 heavy (non-hydrogen) atoms. The molecule has 0 aliphatic rings. The van der Waals surface area contributed by atoms with E-state index in [1.807, 2.05) is 0 Å². The molecule has 78 valence electrons. The van der Waals surface area contributed by atoms with Gasteiger partial charge in [-0.1, -0.05) is 20.3 Å². The molecule has 0 saturated heterocycles. The third-order valence-corrected chi connectivity index (χ3v) is 2.19. The molecule has 0 aromatic heterocycles. The second-order valence-corrected chi connectivity index (χ2v) is 3.51. The average Bonchev–Trinajstić information content (AvgIpc) is 2.16. The number of anilines is 1. The number of rotatable bonds is 4. The lowest BCUT2D eigenvalue weighted by Crippen LogP contribution is -2.08. The standard InChI is InChI=1S/C11H16FNO/c1-3-8(2)7-14-11-5-4-9(12)6-10(11)13/h4-6,8H,3,7,13H2,1-2H3. The Morgan fingerprint density at radius 3 is 2.79 bits per heavy atom. The van der Waals surface area contributed by atoms with Crippen LogP contribution in [0.2, 0.25) is 0 Å². The van der Waals surface area contributed by atoms with E-state index in [0.29, 0.717) is 24.0 Å². The summed E-state index contributed by atoms with van der Waals surface area (Å²) in [7, 11) is 0. The summed E-state index contributed by atoms with van der Waals surface area (Å²) in [6.45, 7) is 4.81. The molecule has 1 rings (SSSR count). The molecule has 0 aliphatic carbocycles. The van der Waals surface area contributed by atoms with Crippen LogP contribution in [0.15, 0.2) is 18.2 Å². The van der Waals surface area contributed by atoms with Gasteiger partial charge in [0, 0.05) is 6.07 Å². The van der Waals surface area contributed by atoms with E-state index in [1.165, 1.54) is 12.1 Å². The van der Waals surface area contributed by atoms with Crippen LogP contribution in [0.1, 0.15) is 20.3 Å². The number of halogens is 1. The molecular formula is C11H16FNO. The Labute approximate surface area is 83.9 Å². The molecule has 0 saturated carbocycles. The Hall–Kier alpha value is -1.25. The van der Waals surface area contributed by atoms with E-state index >= 15 is 0 Å². The van der Waals surface area contributed by atoms with E-state index in [2.05, 4.69) is 13.8 Å². The normalized spacial score (nSPS) is 12.5. The molecule has 1 atom stereocenters. The van der Waals surface area contributed by atoms with Crippen molar-refractivity contribution in [1.29, 1.82) is 0 Å². The van der Waals surface area contributed by atoms with Crippen LogP contribution in [-0.4, -0.2) is 6.61 Å². The average molecular weight is 197 g/mol. The first-order chi connectivity index (χ1) is 6.63. The van der Waals surface area contributed by atoms with Gasteiger partial charge in [-0.05, 0) is 18.1 Å². The van der Waals surface area contributed by atoms with E-state index in [0.717, 1.165) is 6.42 Å². The lowest BCUT2D eigenvalue weighted by atomic mass is 10.1. The number of nitrogens with two attached hydrogens (primary N) is 1. The van der Waals surface area contributed by atoms with Crippen LogP contribution in [0.4, 0.5) is 10.1 Å². The summed E-state index contributed by atoms with van der Waals surface area (Å²) >= 11 is 0. The van der Waals surface area contributed by atoms with Crippen molar-refractivity contribution in [3.05, 3.63) is 24.0 Å². The molecular weight excluding hydrogens is 181 g/mol. The predicted octanol–water partition coefficient (Wildman–Crippen LogP) is 2.83. The highest BCUT2D eigenvalue weighted by molar-refractivity contribution is 5.52. The maximum absolute atomic E-state index is 12.7. The third kappa shape index (κ3) is 2.91. The van der Waals surface area contributed by atoms with E-state index in [1.54, 1.807) is 6.07 Å². The Kier molecular flexibility index (Phi) is 3.74. The van der Waals surface area contributed by atoms with Gasteiger partial charge in [0.2, 0.25) is 0 Å². The second kappa shape index (κ2) is 4.84. The zero-order chi connectivity index (χ0) is 10.6. The molecule has 0 bridgehead atoms. The molecule has 1 unspecified atom stereocenters. The Balaban J connectivity index is 2.59. The summed E-state index contributed by atoms with van der Waals surface area (Å²) in [5.41, 5.74) is 5.94. The minimum atomic E-state index is -0.335. The number of hydrogen-bond donors (Lipinski definition) is 1. The van der Waals surface area contributed by atoms with Crippen LogP contribution in [0.3, 0.4) is 0 Å². The highest BCUT2D eigenvalue weighted by atomic mass is 19.1. The number of hydrogen-bond acceptors (Lipinski definition) is 2. The summed E-state index contributed by atoms with van der Waals surface area (Å²) in [5, 5.41) is 0. The Morgan fingerprint density at radius 1 is 1.50 bits per heavy atom. The Bertz CT molecular complexity index is 301. The van der Waals surface area contributed by atoms with Crippen molar-refractivity contribution in [2.24, 2.45) is 5.92 Å². The molecule has 0 spiro atoms. The van der Waals surface area contributed by atoms with Crippen LogP contribution in [0.25, 0.3) is 0 Å². The first kappa shape index (κ1) is 10.8. The van der Waals surface area contributed by atoms with E-state index in [4.69, 9.17) is 10.5 Å². The fourth-order valence-corrected chi connectivity index (χ4v) is 1.00. The third-order valence-electron chi connectivity index (χ3n) is 2.19. The van der Waals surface area contributed by atoms with E-state index < -0.39 is 0 Å². The summed E-state index contributed by atoms with van der Waals surface area (Å²) < 4.78 is 18.1. The van der Waals surface area contributed by atoms with Gasteiger partial charge in [0.15, 0.2) is 0 Å². The van der Waals surface area contributed by atoms with Gasteiger partial charge in [0.05, 0.1) is 12.3 Å². The topological polar surface area (TPSA) is 35.2 Å². The lowest BCUT2D eigenvalue weighted by molar-refractivity contribution is 0.257. The van der Waals surface area contributed by atoms with Crippen molar-refractivity contribution in [2.45, 2.75) is 20.3 Å². The van der Waals surface area contributed by atoms with E-state index in [9.17, 15) is 4.39 Å². The van der Waals surface area contributed by atoms with Crippen LogP contribution >= 0.6 is 0 Å². The SMILES string of the molecule is CCC(C)COc1ccc(F)cc1N. The van der Waals surface area contributed by atoms with Crippen molar-refractivity contribution in [3.8, 4) is 5.75 Å². The number of nitrogen functional groups attached to an aromatic ring is 1. The fraction of sp³-hybridized carbons (Fsp3) is 0.455. The van der Waals surface area contributed by atoms with Gasteiger partial charge in [-0.25, -0.2) is 4.39 Å². The monoisotopic (exact) mass is 197 g/mol. The minimum absolute atomic E-state index is 0.335. The van der Waals surface area contributed by atoms with Crippen LogP contribution < -0.4 is 10.5 Å². The number of benzene rings is 1. The molecule has 0 amide bonds. The van der Waals surface area contributed by atoms with Gasteiger partial charge in [-0.15, -0.1) is 0 Å². The van der Waals surface area contributed by atoms with Gasteiger partial charge < -0.3 is 10.5 Å². The maximum Gasteiger partial charge on any atom is 0.142 e. The molecule has 0 heterocycles. The summed E-state index contributed by atoms with van der Waals surface area (Å²) in [4.78, 5) is 0. The van der Waals surface area contributed by atoms with Crippen molar-refractivity contribution >= 4 is 5.69 Å². The first-order valence-corrected chi connectivity index (χ1v) is 4.81. The van der Waals surface area contributed by atoms with Crippen LogP contribution in [-0.2, 0) is 0 Å². The van der Waals surface area contributed by atoms with Gasteiger partial charge >= 0.3 is 0 Å². The quantitative estimate of drug-likeness (QED) is 0.753. The Morgan fingerprint density at radius 2 is 2.21 bits per heavy atom. The molecule has 2 nitrogen and oxygen atoms in total. The van der Waals surface area contributed by atoms with Crippen LogP contribution in [0, 0.1) is 11.7 Å². The molecule has 1 aromatic carbocycles. The second-order valence-electron chi connectivity index (χ2n) is 3.51.